The Kier molecular flexibility index (Phi) is 6.11. The topological polar surface area (TPSA) is 90.1 Å². The van der Waals surface area contributed by atoms with E-state index in [0.717, 1.165) is 72.1 Å². The van der Waals surface area contributed by atoms with Gasteiger partial charge in [0.05, 0.1) is 5.52 Å². The van der Waals surface area contributed by atoms with Gasteiger partial charge >= 0.3 is 0 Å². The van der Waals surface area contributed by atoms with Crippen LogP contribution in [0.2, 0.25) is 5.02 Å². The largest absolute Gasteiger partial charge is 0.351 e. The quantitative estimate of drug-likeness (QED) is 0.342. The van der Waals surface area contributed by atoms with Gasteiger partial charge in [0.15, 0.2) is 5.82 Å². The molecule has 2 aliphatic rings. The molecule has 0 bridgehead atoms. The SMILES string of the molecule is O=C(NC1CCN(Cc2ccc(Cl)cc2)CC1)c1ccc2c(c1)[nH]c1c(NC(=O)C3CC3)nccc12. The van der Waals surface area contributed by atoms with E-state index >= 15 is 0 Å². The number of aromatic amines is 1. The standard InChI is InChI=1S/C28H28ClN5O2/c29-20-6-1-17(2-7-20)16-34-13-10-21(11-14-34)31-28(36)19-5-8-22-23-9-12-30-26(25(23)32-24(22)15-19)33-27(35)18-3-4-18/h1-2,5-9,12,15,18,21,32H,3-4,10-11,13-14,16H2,(H,31,36)(H,30,33,35). The number of H-pyrrole nitrogens is 1. The number of pyridine rings is 1. The zero-order valence-electron chi connectivity index (χ0n) is 19.9. The van der Waals surface area contributed by atoms with Crippen molar-refractivity contribution in [3.63, 3.8) is 0 Å². The number of anilines is 1. The second-order valence-corrected chi connectivity index (χ2v) is 10.3. The molecule has 3 N–H and O–H groups in total. The van der Waals surface area contributed by atoms with Crippen LogP contribution in [0.5, 0.6) is 0 Å². The van der Waals surface area contributed by atoms with E-state index in [9.17, 15) is 9.59 Å². The van der Waals surface area contributed by atoms with E-state index in [2.05, 4.69) is 37.6 Å². The summed E-state index contributed by atoms with van der Waals surface area (Å²) in [6.07, 6.45) is 5.42. The van der Waals surface area contributed by atoms with Crippen molar-refractivity contribution in [1.82, 2.24) is 20.2 Å². The molecular formula is C28H28ClN5O2. The Labute approximate surface area is 214 Å². The lowest BCUT2D eigenvalue weighted by atomic mass is 10.0. The number of nitrogens with one attached hydrogen (secondary N) is 3. The Balaban J connectivity index is 1.11. The highest BCUT2D eigenvalue weighted by Gasteiger charge is 2.30. The van der Waals surface area contributed by atoms with Crippen molar-refractivity contribution in [2.45, 2.75) is 38.3 Å². The molecule has 1 aliphatic heterocycles. The van der Waals surface area contributed by atoms with Crippen molar-refractivity contribution >= 4 is 51.0 Å². The minimum absolute atomic E-state index is 0.0212. The first-order valence-corrected chi connectivity index (χ1v) is 12.9. The van der Waals surface area contributed by atoms with Gasteiger partial charge in [-0.05, 0) is 61.6 Å². The molecule has 0 unspecified atom stereocenters. The van der Waals surface area contributed by atoms with Crippen LogP contribution in [0.15, 0.2) is 54.7 Å². The number of amides is 2. The van der Waals surface area contributed by atoms with Gasteiger partial charge in [0, 0.05) is 64.7 Å². The third-order valence-electron chi connectivity index (χ3n) is 7.21. The average molecular weight is 502 g/mol. The van der Waals surface area contributed by atoms with Gasteiger partial charge in [-0.25, -0.2) is 4.98 Å². The first-order valence-electron chi connectivity index (χ1n) is 12.5. The molecule has 0 atom stereocenters. The Morgan fingerprint density at radius 1 is 1.00 bits per heavy atom. The zero-order chi connectivity index (χ0) is 24.6. The Morgan fingerprint density at radius 2 is 1.78 bits per heavy atom. The third-order valence-corrected chi connectivity index (χ3v) is 7.47. The van der Waals surface area contributed by atoms with Crippen molar-refractivity contribution in [3.8, 4) is 0 Å². The highest BCUT2D eigenvalue weighted by molar-refractivity contribution is 6.30. The van der Waals surface area contributed by atoms with Crippen LogP contribution in [0.4, 0.5) is 5.82 Å². The fourth-order valence-electron chi connectivity index (χ4n) is 4.98. The van der Waals surface area contributed by atoms with Crippen LogP contribution in [0, 0.1) is 5.92 Å². The molecule has 8 heteroatoms. The number of carbonyl (C=O) groups excluding carboxylic acids is 2. The molecule has 4 aromatic rings. The van der Waals surface area contributed by atoms with Gasteiger partial charge in [0.2, 0.25) is 5.91 Å². The van der Waals surface area contributed by atoms with E-state index in [4.69, 9.17) is 11.6 Å². The Morgan fingerprint density at radius 3 is 2.53 bits per heavy atom. The fourth-order valence-corrected chi connectivity index (χ4v) is 5.11. The summed E-state index contributed by atoms with van der Waals surface area (Å²) in [5.74, 6) is 0.600. The van der Waals surface area contributed by atoms with Gasteiger partial charge in [-0.3, -0.25) is 14.5 Å². The first kappa shape index (κ1) is 23.0. The number of aromatic nitrogens is 2. The summed E-state index contributed by atoms with van der Waals surface area (Å²) in [6.45, 7) is 2.78. The fraction of sp³-hybridized carbons (Fsp3) is 0.321. The number of carbonyl (C=O) groups is 2. The lowest BCUT2D eigenvalue weighted by Crippen LogP contribution is -2.44. The molecular weight excluding hydrogens is 474 g/mol. The summed E-state index contributed by atoms with van der Waals surface area (Å²) in [4.78, 5) is 35.5. The van der Waals surface area contributed by atoms with Crippen LogP contribution in [0.3, 0.4) is 0 Å². The number of benzene rings is 2. The predicted octanol–water partition coefficient (Wildman–Crippen LogP) is 5.11. The maximum atomic E-state index is 13.1. The highest BCUT2D eigenvalue weighted by atomic mass is 35.5. The molecule has 2 aromatic carbocycles. The van der Waals surface area contributed by atoms with Gasteiger partial charge in [0.1, 0.15) is 0 Å². The molecule has 6 rings (SSSR count). The molecule has 0 radical (unpaired) electrons. The van der Waals surface area contributed by atoms with Gasteiger partial charge in [-0.1, -0.05) is 29.8 Å². The van der Waals surface area contributed by atoms with Crippen LogP contribution in [0.1, 0.15) is 41.6 Å². The summed E-state index contributed by atoms with van der Waals surface area (Å²) in [6, 6.07) is 15.8. The van der Waals surface area contributed by atoms with E-state index in [-0.39, 0.29) is 23.8 Å². The Hall–Kier alpha value is -3.42. The van der Waals surface area contributed by atoms with Gasteiger partial charge < -0.3 is 15.6 Å². The molecule has 7 nitrogen and oxygen atoms in total. The predicted molar refractivity (Wildman–Crippen MR) is 142 cm³/mol. The van der Waals surface area contributed by atoms with E-state index < -0.39 is 0 Å². The maximum Gasteiger partial charge on any atom is 0.251 e. The molecule has 184 valence electrons. The molecule has 2 aromatic heterocycles. The molecule has 36 heavy (non-hydrogen) atoms. The van der Waals surface area contributed by atoms with Crippen LogP contribution in [-0.4, -0.2) is 45.8 Å². The summed E-state index contributed by atoms with van der Waals surface area (Å²) in [5.41, 5.74) is 3.51. The summed E-state index contributed by atoms with van der Waals surface area (Å²) in [7, 11) is 0. The lowest BCUT2D eigenvalue weighted by Gasteiger charge is -2.32. The van der Waals surface area contributed by atoms with Crippen LogP contribution >= 0.6 is 11.6 Å². The van der Waals surface area contributed by atoms with Gasteiger partial charge in [-0.2, -0.15) is 0 Å². The summed E-state index contributed by atoms with van der Waals surface area (Å²) < 4.78 is 0. The van der Waals surface area contributed by atoms with Crippen molar-refractivity contribution in [2.24, 2.45) is 5.92 Å². The number of likely N-dealkylation sites (tertiary alicyclic amines) is 1. The van der Waals surface area contributed by atoms with Crippen molar-refractivity contribution in [3.05, 3.63) is 70.9 Å². The van der Waals surface area contributed by atoms with E-state index in [1.54, 1.807) is 6.20 Å². The van der Waals surface area contributed by atoms with Crippen LogP contribution in [-0.2, 0) is 11.3 Å². The number of halogens is 1. The highest BCUT2D eigenvalue weighted by Crippen LogP contribution is 2.33. The van der Waals surface area contributed by atoms with Crippen molar-refractivity contribution in [2.75, 3.05) is 18.4 Å². The number of hydrogen-bond acceptors (Lipinski definition) is 4. The van der Waals surface area contributed by atoms with E-state index in [0.29, 0.717) is 11.4 Å². The Bertz CT molecular complexity index is 1440. The summed E-state index contributed by atoms with van der Waals surface area (Å²) >= 11 is 5.99. The first-order chi connectivity index (χ1) is 17.5. The van der Waals surface area contributed by atoms with E-state index in [1.807, 2.05) is 36.4 Å². The molecule has 2 fully saturated rings. The van der Waals surface area contributed by atoms with Crippen LogP contribution in [0.25, 0.3) is 21.8 Å². The van der Waals surface area contributed by atoms with Crippen LogP contribution < -0.4 is 10.6 Å². The number of hydrogen-bond donors (Lipinski definition) is 3. The minimum atomic E-state index is -0.0629. The number of rotatable bonds is 6. The number of piperidine rings is 1. The molecule has 1 saturated heterocycles. The van der Waals surface area contributed by atoms with Crippen molar-refractivity contribution in [1.29, 1.82) is 0 Å². The molecule has 3 heterocycles. The van der Waals surface area contributed by atoms with E-state index in [1.165, 1.54) is 5.56 Å². The summed E-state index contributed by atoms with van der Waals surface area (Å²) in [5, 5.41) is 8.90. The molecule has 0 spiro atoms. The van der Waals surface area contributed by atoms with Gasteiger partial charge in [-0.15, -0.1) is 0 Å². The normalized spacial score (nSPS) is 16.9. The lowest BCUT2D eigenvalue weighted by molar-refractivity contribution is -0.117. The average Bonchev–Trinajstić information content (AvgIpc) is 3.67. The molecule has 1 saturated carbocycles. The monoisotopic (exact) mass is 501 g/mol. The second-order valence-electron chi connectivity index (χ2n) is 9.88. The molecule has 2 amide bonds. The zero-order valence-corrected chi connectivity index (χ0v) is 20.6. The van der Waals surface area contributed by atoms with Crippen molar-refractivity contribution < 1.29 is 9.59 Å². The maximum absolute atomic E-state index is 13.1. The number of nitrogens with zero attached hydrogens (tertiary/aromatic N) is 2. The number of fused-ring (bicyclic) bond motifs is 3. The molecule has 1 aliphatic carbocycles. The third kappa shape index (κ3) is 4.81. The minimum Gasteiger partial charge on any atom is -0.351 e. The second kappa shape index (κ2) is 9.56. The van der Waals surface area contributed by atoms with Gasteiger partial charge in [0.25, 0.3) is 5.91 Å². The smallest absolute Gasteiger partial charge is 0.251 e.